The summed E-state index contributed by atoms with van der Waals surface area (Å²) in [5, 5.41) is 0. The first-order valence-corrected chi connectivity index (χ1v) is 4.64. The molecule has 0 aliphatic rings. The van der Waals surface area contributed by atoms with Crippen LogP contribution in [0.2, 0.25) is 0 Å². The van der Waals surface area contributed by atoms with Gasteiger partial charge in [0.1, 0.15) is 5.82 Å². The number of nitrogen functional groups attached to an aromatic ring is 1. The zero-order valence-corrected chi connectivity index (χ0v) is 8.09. The lowest BCUT2D eigenvalue weighted by Crippen LogP contribution is -1.99. The highest BCUT2D eigenvalue weighted by atomic mass is 32.2. The SMILES string of the molecule is Nc1c(F)c(F)cc(F)c1SN=S=O. The van der Waals surface area contributed by atoms with Gasteiger partial charge in [-0.25, -0.2) is 13.2 Å². The Labute approximate surface area is 84.9 Å². The van der Waals surface area contributed by atoms with Crippen LogP contribution in [-0.2, 0) is 11.5 Å². The normalized spacial score (nSPS) is 9.93. The fourth-order valence-electron chi connectivity index (χ4n) is 0.742. The van der Waals surface area contributed by atoms with Crippen LogP contribution in [0.15, 0.2) is 14.7 Å². The van der Waals surface area contributed by atoms with E-state index in [2.05, 4.69) is 3.77 Å². The Morgan fingerprint density at radius 1 is 1.29 bits per heavy atom. The summed E-state index contributed by atoms with van der Waals surface area (Å²) in [5.74, 6) is -3.77. The van der Waals surface area contributed by atoms with Gasteiger partial charge in [0.25, 0.3) is 0 Å². The number of rotatable bonds is 2. The molecule has 0 amide bonds. The van der Waals surface area contributed by atoms with Crippen molar-refractivity contribution < 1.29 is 17.4 Å². The average molecular weight is 240 g/mol. The lowest BCUT2D eigenvalue weighted by Gasteiger charge is -2.04. The largest absolute Gasteiger partial charge is 0.395 e. The van der Waals surface area contributed by atoms with E-state index in [0.717, 1.165) is 0 Å². The molecule has 1 aromatic rings. The van der Waals surface area contributed by atoms with Crippen molar-refractivity contribution in [3.05, 3.63) is 23.5 Å². The van der Waals surface area contributed by atoms with Gasteiger partial charge in [0, 0.05) is 18.0 Å². The second-order valence-electron chi connectivity index (χ2n) is 2.14. The lowest BCUT2D eigenvalue weighted by atomic mass is 10.3. The van der Waals surface area contributed by atoms with Gasteiger partial charge in [0.15, 0.2) is 11.6 Å². The van der Waals surface area contributed by atoms with Crippen LogP contribution in [0.4, 0.5) is 18.9 Å². The fourth-order valence-corrected chi connectivity index (χ4v) is 1.50. The molecule has 0 bridgehead atoms. The first kappa shape index (κ1) is 11.1. The van der Waals surface area contributed by atoms with Crippen molar-refractivity contribution in [3.8, 4) is 0 Å². The third-order valence-electron chi connectivity index (χ3n) is 1.32. The van der Waals surface area contributed by atoms with Gasteiger partial charge >= 0.3 is 0 Å². The molecule has 8 heteroatoms. The summed E-state index contributed by atoms with van der Waals surface area (Å²) in [7, 11) is 0. The number of anilines is 1. The van der Waals surface area contributed by atoms with Gasteiger partial charge in [0.2, 0.25) is 11.5 Å². The highest BCUT2D eigenvalue weighted by molar-refractivity contribution is 8.01. The maximum atomic E-state index is 12.9. The van der Waals surface area contributed by atoms with Gasteiger partial charge < -0.3 is 5.73 Å². The lowest BCUT2D eigenvalue weighted by molar-refractivity contribution is 0.490. The molecule has 0 radical (unpaired) electrons. The molecule has 0 spiro atoms. The standard InChI is InChI=1S/C6H3F3N2OS2/c7-2-1-3(8)6(13-11-14-12)5(10)4(2)9/h1H,10H2. The van der Waals surface area contributed by atoms with Crippen LogP contribution < -0.4 is 5.73 Å². The number of hydrogen-bond donors (Lipinski definition) is 1. The van der Waals surface area contributed by atoms with Crippen LogP contribution in [-0.4, -0.2) is 4.21 Å². The highest BCUT2D eigenvalue weighted by Crippen LogP contribution is 2.31. The van der Waals surface area contributed by atoms with Gasteiger partial charge in [-0.2, -0.15) is 4.21 Å². The quantitative estimate of drug-likeness (QED) is 0.489. The molecule has 1 rings (SSSR count). The van der Waals surface area contributed by atoms with Crippen molar-refractivity contribution in [1.82, 2.24) is 0 Å². The van der Waals surface area contributed by atoms with E-state index < -0.39 is 28.0 Å². The summed E-state index contributed by atoms with van der Waals surface area (Å²) in [5.41, 5.74) is 4.39. The molecule has 0 saturated heterocycles. The van der Waals surface area contributed by atoms with Crippen molar-refractivity contribution in [2.24, 2.45) is 3.77 Å². The molecule has 0 atom stereocenters. The number of nitrogens with zero attached hydrogens (tertiary/aromatic N) is 1. The summed E-state index contributed by atoms with van der Waals surface area (Å²) in [6.45, 7) is 0. The van der Waals surface area contributed by atoms with Crippen molar-refractivity contribution in [2.75, 3.05) is 5.73 Å². The highest BCUT2D eigenvalue weighted by Gasteiger charge is 2.16. The third-order valence-corrected chi connectivity index (χ3v) is 2.46. The van der Waals surface area contributed by atoms with Gasteiger partial charge in [-0.1, -0.05) is 0 Å². The van der Waals surface area contributed by atoms with Gasteiger partial charge in [-0.3, -0.25) is 0 Å². The third kappa shape index (κ3) is 2.07. The number of hydrogen-bond acceptors (Lipinski definition) is 4. The molecule has 0 fully saturated rings. The maximum Gasteiger partial charge on any atom is 0.212 e. The minimum absolute atomic E-state index is 0.177. The Hall–Kier alpha value is -1.02. The Bertz CT molecular complexity index is 420. The van der Waals surface area contributed by atoms with Crippen LogP contribution >= 0.6 is 11.9 Å². The number of halogens is 3. The topological polar surface area (TPSA) is 55.4 Å². The molecule has 76 valence electrons. The molecule has 0 aromatic heterocycles. The van der Waals surface area contributed by atoms with Crippen molar-refractivity contribution in [3.63, 3.8) is 0 Å². The van der Waals surface area contributed by atoms with E-state index in [1.807, 2.05) is 0 Å². The maximum absolute atomic E-state index is 12.9. The Balaban J connectivity index is 3.28. The van der Waals surface area contributed by atoms with Crippen molar-refractivity contribution in [2.45, 2.75) is 4.90 Å². The summed E-state index contributed by atoms with van der Waals surface area (Å²) in [4.78, 5) is -0.396. The second-order valence-corrected chi connectivity index (χ2v) is 3.47. The van der Waals surface area contributed by atoms with Crippen LogP contribution in [0.25, 0.3) is 0 Å². The Kier molecular flexibility index (Phi) is 3.53. The molecular formula is C6H3F3N2OS2. The van der Waals surface area contributed by atoms with Crippen LogP contribution in [0.3, 0.4) is 0 Å². The van der Waals surface area contributed by atoms with E-state index in [1.165, 1.54) is 0 Å². The zero-order valence-electron chi connectivity index (χ0n) is 6.46. The smallest absolute Gasteiger partial charge is 0.212 e. The molecule has 2 N–H and O–H groups in total. The van der Waals surface area contributed by atoms with E-state index in [-0.39, 0.29) is 11.5 Å². The Morgan fingerprint density at radius 2 is 1.93 bits per heavy atom. The number of benzene rings is 1. The molecule has 1 aromatic carbocycles. The molecule has 0 aliphatic carbocycles. The van der Waals surface area contributed by atoms with Gasteiger partial charge in [0.05, 0.1) is 10.6 Å². The first-order valence-electron chi connectivity index (χ1n) is 3.17. The minimum atomic E-state index is -1.38. The van der Waals surface area contributed by atoms with E-state index >= 15 is 0 Å². The molecule has 0 aliphatic heterocycles. The van der Waals surface area contributed by atoms with E-state index in [1.54, 1.807) is 0 Å². The van der Waals surface area contributed by atoms with Crippen LogP contribution in [0, 0.1) is 17.5 Å². The average Bonchev–Trinajstić information content (AvgIpc) is 2.14. The fraction of sp³-hybridized carbons (Fsp3) is 0. The summed E-state index contributed by atoms with van der Waals surface area (Å²) in [6, 6.07) is 0.346. The molecule has 3 nitrogen and oxygen atoms in total. The summed E-state index contributed by atoms with van der Waals surface area (Å²) in [6.07, 6.45) is 0. The minimum Gasteiger partial charge on any atom is -0.395 e. The first-order chi connectivity index (χ1) is 6.57. The molecule has 0 heterocycles. The molecule has 0 saturated carbocycles. The van der Waals surface area contributed by atoms with Gasteiger partial charge in [-0.15, -0.1) is 3.77 Å². The van der Waals surface area contributed by atoms with Gasteiger partial charge in [-0.05, 0) is 0 Å². The molecule has 14 heavy (non-hydrogen) atoms. The van der Waals surface area contributed by atoms with Crippen LogP contribution in [0.5, 0.6) is 0 Å². The predicted molar refractivity (Wildman–Crippen MR) is 47.2 cm³/mol. The van der Waals surface area contributed by atoms with Crippen molar-refractivity contribution in [1.29, 1.82) is 0 Å². The molecular weight excluding hydrogens is 237 g/mol. The predicted octanol–water partition coefficient (Wildman–Crippen LogP) is 2.09. The molecule has 0 unspecified atom stereocenters. The van der Waals surface area contributed by atoms with E-state index in [0.29, 0.717) is 18.0 Å². The van der Waals surface area contributed by atoms with Crippen molar-refractivity contribution >= 4 is 29.1 Å². The monoisotopic (exact) mass is 240 g/mol. The van der Waals surface area contributed by atoms with Crippen LogP contribution in [0.1, 0.15) is 0 Å². The second kappa shape index (κ2) is 4.47. The van der Waals surface area contributed by atoms with E-state index in [4.69, 9.17) is 5.73 Å². The summed E-state index contributed by atoms with van der Waals surface area (Å²) < 4.78 is 51.2. The Morgan fingerprint density at radius 3 is 2.50 bits per heavy atom. The van der Waals surface area contributed by atoms with E-state index in [9.17, 15) is 17.4 Å². The summed E-state index contributed by atoms with van der Waals surface area (Å²) >= 11 is 0.189. The zero-order chi connectivity index (χ0) is 10.7. The number of nitrogens with two attached hydrogens (primary N) is 1.